The maximum absolute atomic E-state index is 10.5. The Morgan fingerprint density at radius 1 is 1.14 bits per heavy atom. The first-order chi connectivity index (χ1) is 6.18. The summed E-state index contributed by atoms with van der Waals surface area (Å²) in [6.07, 6.45) is -4.07. The third-order valence-electron chi connectivity index (χ3n) is 1.31. The van der Waals surface area contributed by atoms with E-state index in [2.05, 4.69) is 0 Å². The molecule has 8 nitrogen and oxygen atoms in total. The normalized spacial score (nSPS) is 13.4. The number of hydrogen-bond acceptors (Lipinski definition) is 6. The van der Waals surface area contributed by atoms with Gasteiger partial charge in [-0.15, -0.1) is 0 Å². The van der Waals surface area contributed by atoms with E-state index in [1.165, 1.54) is 0 Å². The summed E-state index contributed by atoms with van der Waals surface area (Å²) in [5.41, 5.74) is 0. The van der Waals surface area contributed by atoms with Crippen LogP contribution in [0.5, 0.6) is 0 Å². The van der Waals surface area contributed by atoms with Crippen LogP contribution in [-0.4, -0.2) is 55.1 Å². The molecule has 5 N–H and O–H groups in total. The highest BCUT2D eigenvalue weighted by atomic mass is 16.5. The summed E-state index contributed by atoms with van der Waals surface area (Å²) in [5.74, 6) is -8.97. The molecule has 0 heterocycles. The quantitative estimate of drug-likeness (QED) is 0.239. The minimum atomic E-state index is -3.29. The van der Waals surface area contributed by atoms with Gasteiger partial charge >= 0.3 is 11.9 Å². The van der Waals surface area contributed by atoms with Crippen LogP contribution < -0.4 is 0 Å². The van der Waals surface area contributed by atoms with Crippen LogP contribution in [0.1, 0.15) is 6.42 Å². The number of carbonyl (C=O) groups is 3. The number of rotatable bonds is 5. The summed E-state index contributed by atoms with van der Waals surface area (Å²) in [6.45, 7) is 0. The van der Waals surface area contributed by atoms with Crippen LogP contribution in [0.25, 0.3) is 0 Å². The van der Waals surface area contributed by atoms with Crippen molar-refractivity contribution in [3.8, 4) is 0 Å². The van der Waals surface area contributed by atoms with Gasteiger partial charge in [-0.05, 0) is 0 Å². The van der Waals surface area contributed by atoms with E-state index in [1.807, 2.05) is 0 Å². The molecular weight excluding hydrogens is 200 g/mol. The number of ketones is 1. The van der Waals surface area contributed by atoms with Crippen LogP contribution in [0.3, 0.4) is 0 Å². The second-order valence-corrected chi connectivity index (χ2v) is 2.52. The van der Waals surface area contributed by atoms with Gasteiger partial charge in [-0.25, -0.2) is 4.79 Å². The predicted octanol–water partition coefficient (Wildman–Crippen LogP) is -2.84. The molecule has 0 aliphatic heterocycles. The molecule has 0 aromatic rings. The summed E-state index contributed by atoms with van der Waals surface area (Å²) < 4.78 is 0. The maximum Gasteiger partial charge on any atom is 0.375 e. The molecule has 0 fully saturated rings. The summed E-state index contributed by atoms with van der Waals surface area (Å²) in [6, 6.07) is 0. The zero-order chi connectivity index (χ0) is 11.5. The van der Waals surface area contributed by atoms with Crippen molar-refractivity contribution in [3.05, 3.63) is 0 Å². The summed E-state index contributed by atoms with van der Waals surface area (Å²) in [4.78, 5) is 30.5. The van der Waals surface area contributed by atoms with Gasteiger partial charge in [0.1, 0.15) is 6.42 Å². The number of carboxylic acid groups (broad SMARTS) is 2. The van der Waals surface area contributed by atoms with Crippen LogP contribution in [0.15, 0.2) is 0 Å². The first-order valence-electron chi connectivity index (χ1n) is 3.30. The molecule has 0 amide bonds. The van der Waals surface area contributed by atoms with E-state index in [4.69, 9.17) is 25.5 Å². The Labute approximate surface area is 77.0 Å². The highest BCUT2D eigenvalue weighted by Gasteiger charge is 2.43. The molecule has 0 spiro atoms. The summed E-state index contributed by atoms with van der Waals surface area (Å²) in [5, 5.41) is 42.6. The number of carbonyl (C=O) groups excluding carboxylic acids is 1. The first kappa shape index (κ1) is 12.5. The molecule has 0 aliphatic rings. The first-order valence-corrected chi connectivity index (χ1v) is 3.30. The van der Waals surface area contributed by atoms with Gasteiger partial charge in [0.05, 0.1) is 0 Å². The lowest BCUT2D eigenvalue weighted by Gasteiger charge is -2.23. The van der Waals surface area contributed by atoms with Crippen molar-refractivity contribution < 1.29 is 39.9 Å². The van der Waals surface area contributed by atoms with E-state index < -0.39 is 36.0 Å². The number of aliphatic hydroxyl groups excluding tert-OH is 1. The second kappa shape index (κ2) is 4.13. The lowest BCUT2D eigenvalue weighted by atomic mass is 10.0. The zero-order valence-electron chi connectivity index (χ0n) is 6.75. The molecule has 0 saturated heterocycles. The fourth-order valence-electron chi connectivity index (χ4n) is 0.646. The van der Waals surface area contributed by atoms with E-state index in [9.17, 15) is 14.4 Å². The monoisotopic (exact) mass is 208 g/mol. The third kappa shape index (κ3) is 3.09. The fourth-order valence-corrected chi connectivity index (χ4v) is 0.646. The minimum Gasteiger partial charge on any atom is -0.481 e. The topological polar surface area (TPSA) is 152 Å². The molecule has 8 heteroatoms. The minimum absolute atomic E-state index is 1.37. The molecule has 1 unspecified atom stereocenters. The van der Waals surface area contributed by atoms with Gasteiger partial charge in [0.15, 0.2) is 6.10 Å². The van der Waals surface area contributed by atoms with E-state index >= 15 is 0 Å². The number of Topliss-reactive ketones (excluding diaryl/α,β-unsaturated/α-hetero) is 1. The lowest BCUT2D eigenvalue weighted by Crippen LogP contribution is -2.50. The Morgan fingerprint density at radius 3 is 1.86 bits per heavy atom. The smallest absolute Gasteiger partial charge is 0.375 e. The molecule has 1 atom stereocenters. The molecule has 0 saturated carbocycles. The highest BCUT2D eigenvalue weighted by molar-refractivity contribution is 6.34. The predicted molar refractivity (Wildman–Crippen MR) is 38.1 cm³/mol. The average molecular weight is 208 g/mol. The van der Waals surface area contributed by atoms with Gasteiger partial charge in [-0.1, -0.05) is 0 Å². The maximum atomic E-state index is 10.5. The van der Waals surface area contributed by atoms with Crippen molar-refractivity contribution in [1.29, 1.82) is 0 Å². The molecule has 0 bridgehead atoms. The Bertz CT molecular complexity index is 267. The van der Waals surface area contributed by atoms with E-state index in [-0.39, 0.29) is 0 Å². The zero-order valence-corrected chi connectivity index (χ0v) is 6.75. The van der Waals surface area contributed by atoms with Crippen LogP contribution in [-0.2, 0) is 14.4 Å². The highest BCUT2D eigenvalue weighted by Crippen LogP contribution is 2.12. The number of aliphatic hydroxyl groups is 3. The third-order valence-corrected chi connectivity index (χ3v) is 1.31. The Hall–Kier alpha value is -1.51. The van der Waals surface area contributed by atoms with Gasteiger partial charge in [-0.3, -0.25) is 9.59 Å². The van der Waals surface area contributed by atoms with Crippen molar-refractivity contribution in [1.82, 2.24) is 0 Å². The molecule has 80 valence electrons. The second-order valence-electron chi connectivity index (χ2n) is 2.52. The van der Waals surface area contributed by atoms with E-state index in [0.717, 1.165) is 0 Å². The number of carboxylic acids is 2. The average Bonchev–Trinajstić information content (AvgIpc) is 1.99. The Balaban J connectivity index is 4.65. The molecule has 0 aromatic heterocycles. The van der Waals surface area contributed by atoms with Gasteiger partial charge < -0.3 is 25.5 Å². The van der Waals surface area contributed by atoms with Crippen molar-refractivity contribution in [2.45, 2.75) is 18.3 Å². The number of hydrogen-bond donors (Lipinski definition) is 5. The van der Waals surface area contributed by atoms with Gasteiger partial charge in [0.2, 0.25) is 5.79 Å². The Kier molecular flexibility index (Phi) is 3.69. The van der Waals surface area contributed by atoms with Crippen LogP contribution in [0.4, 0.5) is 0 Å². The largest absolute Gasteiger partial charge is 0.481 e. The number of aliphatic carboxylic acids is 2. The van der Waals surface area contributed by atoms with Crippen LogP contribution in [0.2, 0.25) is 0 Å². The molecule has 0 radical (unpaired) electrons. The van der Waals surface area contributed by atoms with Gasteiger partial charge in [0, 0.05) is 0 Å². The van der Waals surface area contributed by atoms with Crippen molar-refractivity contribution >= 4 is 17.7 Å². The lowest BCUT2D eigenvalue weighted by molar-refractivity contribution is -0.227. The summed E-state index contributed by atoms with van der Waals surface area (Å²) >= 11 is 0. The molecule has 0 rings (SSSR count). The standard InChI is InChI=1S/C6H8O8/c7-2(8)1-6(13,14)4(10)3(9)5(11)12/h4,10,13-14H,1H2,(H,7,8)(H,11,12). The van der Waals surface area contributed by atoms with Crippen LogP contribution >= 0.6 is 0 Å². The van der Waals surface area contributed by atoms with Crippen molar-refractivity contribution in [2.24, 2.45) is 0 Å². The van der Waals surface area contributed by atoms with Gasteiger partial charge in [-0.2, -0.15) is 0 Å². The Morgan fingerprint density at radius 2 is 1.57 bits per heavy atom. The molecule has 14 heavy (non-hydrogen) atoms. The molecule has 0 aliphatic carbocycles. The molecule has 0 aromatic carbocycles. The molecular formula is C6H8O8. The van der Waals surface area contributed by atoms with E-state index in [1.54, 1.807) is 0 Å². The van der Waals surface area contributed by atoms with Crippen molar-refractivity contribution in [2.75, 3.05) is 0 Å². The summed E-state index contributed by atoms with van der Waals surface area (Å²) in [7, 11) is 0. The fraction of sp³-hybridized carbons (Fsp3) is 0.500. The van der Waals surface area contributed by atoms with Crippen LogP contribution in [0, 0.1) is 0 Å². The van der Waals surface area contributed by atoms with Crippen molar-refractivity contribution in [3.63, 3.8) is 0 Å². The van der Waals surface area contributed by atoms with Gasteiger partial charge in [0.25, 0.3) is 5.78 Å². The SMILES string of the molecule is O=C(O)CC(O)(O)C(O)C(=O)C(=O)O. The van der Waals surface area contributed by atoms with E-state index in [0.29, 0.717) is 0 Å².